The predicted octanol–water partition coefficient (Wildman–Crippen LogP) is 3.23. The van der Waals surface area contributed by atoms with Gasteiger partial charge in [-0.15, -0.1) is 0 Å². The summed E-state index contributed by atoms with van der Waals surface area (Å²) < 4.78 is 47.0. The van der Waals surface area contributed by atoms with Crippen molar-refractivity contribution in [1.29, 1.82) is 0 Å². The van der Waals surface area contributed by atoms with Crippen LogP contribution in [-0.4, -0.2) is 41.7 Å². The number of hydrogen-bond acceptors (Lipinski definition) is 4. The molecule has 0 bridgehead atoms. The van der Waals surface area contributed by atoms with Crippen LogP contribution in [0.2, 0.25) is 0 Å². The molecule has 1 amide bonds. The Labute approximate surface area is 135 Å². The third kappa shape index (κ3) is 6.34. The Morgan fingerprint density at radius 2 is 2.30 bits per heavy atom. The SMILES string of the molecule is [2H]C([2H])([2H])OC([2H])([2H])CN(Cc1ccc(Br)nc1)C(=O)OC(C)(C)C. The van der Waals surface area contributed by atoms with Crippen LogP contribution in [0.1, 0.15) is 33.2 Å². The number of carbonyl (C=O) groups is 1. The van der Waals surface area contributed by atoms with E-state index in [-0.39, 0.29) is 6.54 Å². The summed E-state index contributed by atoms with van der Waals surface area (Å²) in [4.78, 5) is 17.5. The number of hydrogen-bond donors (Lipinski definition) is 0. The number of nitrogens with zero attached hydrogens (tertiary/aromatic N) is 2. The number of ether oxygens (including phenoxy) is 2. The van der Waals surface area contributed by atoms with Gasteiger partial charge in [0, 0.05) is 19.8 Å². The smallest absolute Gasteiger partial charge is 0.410 e. The van der Waals surface area contributed by atoms with Gasteiger partial charge in [0.25, 0.3) is 0 Å². The molecule has 0 unspecified atom stereocenters. The lowest BCUT2D eigenvalue weighted by molar-refractivity contribution is 0.0184. The van der Waals surface area contributed by atoms with Crippen molar-refractivity contribution in [1.82, 2.24) is 9.88 Å². The molecule has 0 radical (unpaired) electrons. The van der Waals surface area contributed by atoms with Crippen molar-refractivity contribution in [3.63, 3.8) is 0 Å². The van der Waals surface area contributed by atoms with Gasteiger partial charge in [-0.1, -0.05) is 6.07 Å². The van der Waals surface area contributed by atoms with Gasteiger partial charge in [-0.3, -0.25) is 0 Å². The van der Waals surface area contributed by atoms with Crippen molar-refractivity contribution in [3.8, 4) is 0 Å². The second kappa shape index (κ2) is 7.59. The van der Waals surface area contributed by atoms with Gasteiger partial charge in [-0.25, -0.2) is 9.78 Å². The average Bonchev–Trinajstić information content (AvgIpc) is 2.35. The summed E-state index contributed by atoms with van der Waals surface area (Å²) in [7, 11) is -2.93. The van der Waals surface area contributed by atoms with Gasteiger partial charge < -0.3 is 14.4 Å². The maximum Gasteiger partial charge on any atom is 0.410 e. The fraction of sp³-hybridized carbons (Fsp3) is 0.571. The molecule has 0 fully saturated rings. The molecule has 0 aromatic carbocycles. The molecule has 5 nitrogen and oxygen atoms in total. The van der Waals surface area contributed by atoms with E-state index in [1.54, 1.807) is 32.9 Å². The van der Waals surface area contributed by atoms with Gasteiger partial charge >= 0.3 is 6.09 Å². The van der Waals surface area contributed by atoms with Crippen LogP contribution in [0.5, 0.6) is 0 Å². The highest BCUT2D eigenvalue weighted by atomic mass is 79.9. The maximum absolute atomic E-state index is 12.4. The van der Waals surface area contributed by atoms with Crippen LogP contribution in [0.25, 0.3) is 0 Å². The zero-order valence-electron chi connectivity index (χ0n) is 16.6. The number of pyridine rings is 1. The monoisotopic (exact) mass is 349 g/mol. The van der Waals surface area contributed by atoms with E-state index in [9.17, 15) is 4.79 Å². The summed E-state index contributed by atoms with van der Waals surface area (Å²) in [6.07, 6.45) is 0.732. The van der Waals surface area contributed by atoms with Gasteiger partial charge in [0.15, 0.2) is 0 Å². The molecule has 1 aromatic rings. The van der Waals surface area contributed by atoms with Crippen LogP contribution >= 0.6 is 15.9 Å². The molecule has 0 atom stereocenters. The summed E-state index contributed by atoms with van der Waals surface area (Å²) in [5, 5.41) is 0. The predicted molar refractivity (Wildman–Crippen MR) is 80.5 cm³/mol. The van der Waals surface area contributed by atoms with Crippen molar-refractivity contribution in [3.05, 3.63) is 28.5 Å². The summed E-state index contributed by atoms with van der Waals surface area (Å²) in [5.41, 5.74) is -0.163. The molecule has 0 saturated heterocycles. The Morgan fingerprint density at radius 3 is 2.85 bits per heavy atom. The third-order valence-electron chi connectivity index (χ3n) is 2.14. The fourth-order valence-electron chi connectivity index (χ4n) is 1.34. The molecule has 6 heteroatoms. The number of rotatable bonds is 5. The minimum atomic E-state index is -2.93. The van der Waals surface area contributed by atoms with Gasteiger partial charge in [0.2, 0.25) is 0 Å². The Morgan fingerprint density at radius 1 is 1.55 bits per heavy atom. The molecule has 1 aromatic heterocycles. The van der Waals surface area contributed by atoms with Crippen LogP contribution < -0.4 is 0 Å². The first-order valence-electron chi connectivity index (χ1n) is 8.45. The zero-order chi connectivity index (χ0) is 19.5. The fourth-order valence-corrected chi connectivity index (χ4v) is 1.58. The molecular weight excluding hydrogens is 324 g/mol. The molecule has 0 aliphatic carbocycles. The normalized spacial score (nSPS) is 16.3. The summed E-state index contributed by atoms with van der Waals surface area (Å²) in [6.45, 7) is 1.83. The van der Waals surface area contributed by atoms with Crippen LogP contribution in [0, 0.1) is 0 Å². The number of halogens is 1. The van der Waals surface area contributed by atoms with Crippen LogP contribution in [0.15, 0.2) is 22.9 Å². The van der Waals surface area contributed by atoms with E-state index in [4.69, 9.17) is 11.6 Å². The number of aromatic nitrogens is 1. The van der Waals surface area contributed by atoms with E-state index in [0.717, 1.165) is 4.90 Å². The van der Waals surface area contributed by atoms with Crippen molar-refractivity contribution < 1.29 is 21.1 Å². The minimum absolute atomic E-state index is 0.0148. The van der Waals surface area contributed by atoms with Gasteiger partial charge in [-0.2, -0.15) is 0 Å². The lowest BCUT2D eigenvalue weighted by Gasteiger charge is -2.27. The van der Waals surface area contributed by atoms with Crippen LogP contribution in [0.4, 0.5) is 4.79 Å². The molecule has 20 heavy (non-hydrogen) atoms. The van der Waals surface area contributed by atoms with E-state index in [2.05, 4.69) is 25.7 Å². The third-order valence-corrected chi connectivity index (χ3v) is 2.61. The Hall–Kier alpha value is -1.14. The number of carbonyl (C=O) groups excluding carboxylic acids is 1. The molecular formula is C14H21BrN2O3. The Balaban J connectivity index is 2.97. The molecule has 0 aliphatic heterocycles. The lowest BCUT2D eigenvalue weighted by atomic mass is 10.2. The average molecular weight is 350 g/mol. The molecule has 0 spiro atoms. The summed E-state index contributed by atoms with van der Waals surface area (Å²) >= 11 is 3.20. The van der Waals surface area contributed by atoms with Crippen LogP contribution in [0.3, 0.4) is 0 Å². The van der Waals surface area contributed by atoms with E-state index in [1.165, 1.54) is 6.20 Å². The Kier molecular flexibility index (Phi) is 4.01. The second-order valence-corrected chi connectivity index (χ2v) is 5.88. The topological polar surface area (TPSA) is 51.7 Å². The van der Waals surface area contributed by atoms with Gasteiger partial charge in [0.1, 0.15) is 10.2 Å². The highest BCUT2D eigenvalue weighted by Crippen LogP contribution is 2.13. The molecule has 1 heterocycles. The highest BCUT2D eigenvalue weighted by Gasteiger charge is 2.22. The minimum Gasteiger partial charge on any atom is -0.444 e. The van der Waals surface area contributed by atoms with Gasteiger partial charge in [-0.05, 0) is 48.3 Å². The highest BCUT2D eigenvalue weighted by molar-refractivity contribution is 9.10. The largest absolute Gasteiger partial charge is 0.444 e. The van der Waals surface area contributed by atoms with Crippen molar-refractivity contribution in [2.75, 3.05) is 20.1 Å². The van der Waals surface area contributed by atoms with E-state index >= 15 is 0 Å². The quantitative estimate of drug-likeness (QED) is 0.765. The summed E-state index contributed by atoms with van der Waals surface area (Å²) in [5.74, 6) is 0. The first-order chi connectivity index (χ1) is 11.2. The van der Waals surface area contributed by atoms with Crippen molar-refractivity contribution in [2.45, 2.75) is 32.9 Å². The van der Waals surface area contributed by atoms with Crippen LogP contribution in [-0.2, 0) is 16.0 Å². The Bertz CT molecular complexity index is 588. The first kappa shape index (κ1) is 10.6. The van der Waals surface area contributed by atoms with Crippen molar-refractivity contribution in [2.24, 2.45) is 0 Å². The van der Waals surface area contributed by atoms with E-state index in [0.29, 0.717) is 10.2 Å². The molecule has 0 saturated carbocycles. The van der Waals surface area contributed by atoms with E-state index < -0.39 is 31.8 Å². The zero-order valence-corrected chi connectivity index (χ0v) is 13.2. The summed E-state index contributed by atoms with van der Waals surface area (Å²) in [6, 6.07) is 3.38. The standard InChI is InChI=1S/C14H21BrN2O3/c1-14(2,3)20-13(18)17(7-8-19-4)10-11-5-6-12(15)16-9-11/h5-6,9H,7-8,10H2,1-4H3/i4D3,8D2. The first-order valence-corrected chi connectivity index (χ1v) is 6.75. The molecule has 0 N–H and O–H groups in total. The van der Waals surface area contributed by atoms with Gasteiger partial charge in [0.05, 0.1) is 20.0 Å². The molecule has 112 valence electrons. The second-order valence-electron chi connectivity index (χ2n) is 5.07. The van der Waals surface area contributed by atoms with E-state index in [1.807, 2.05) is 0 Å². The molecule has 1 rings (SSSR count). The lowest BCUT2D eigenvalue weighted by Crippen LogP contribution is -2.38. The maximum atomic E-state index is 12.4. The number of amides is 1. The number of methoxy groups -OCH3 is 1. The molecule has 0 aliphatic rings. The van der Waals surface area contributed by atoms with Crippen molar-refractivity contribution >= 4 is 22.0 Å².